The van der Waals surface area contributed by atoms with Crippen LogP contribution in [-0.4, -0.2) is 24.6 Å². The van der Waals surface area contributed by atoms with Gasteiger partial charge < -0.3 is 0 Å². The normalized spacial score (nSPS) is 12.2. The quantitative estimate of drug-likeness (QED) is 0.358. The molecule has 0 atom stereocenters. The van der Waals surface area contributed by atoms with Gasteiger partial charge in [0.25, 0.3) is 5.96 Å². The average molecular weight is 422 g/mol. The molecule has 0 unspecified atom stereocenters. The smallest absolute Gasteiger partial charge is 0.244 e. The lowest BCUT2D eigenvalue weighted by Crippen LogP contribution is -2.30. The first-order chi connectivity index (χ1) is 15.1. The number of hydrogen-bond acceptors (Lipinski definition) is 4. The minimum atomic E-state index is -0.352. The van der Waals surface area contributed by atoms with Crippen molar-refractivity contribution in [1.82, 2.24) is 10.9 Å². The molecule has 0 heterocycles. The first-order valence-corrected chi connectivity index (χ1v) is 9.04. The zero-order valence-corrected chi connectivity index (χ0v) is 16.1. The highest BCUT2D eigenvalue weighted by atomic mass is 19.1. The van der Waals surface area contributed by atoms with Gasteiger partial charge in [-0.2, -0.15) is 15.3 Å². The number of halogens is 3. The molecule has 0 aromatic heterocycles. The second-order valence-corrected chi connectivity index (χ2v) is 6.09. The summed E-state index contributed by atoms with van der Waals surface area (Å²) in [4.78, 5) is 0. The van der Waals surface area contributed by atoms with Crippen LogP contribution in [0.1, 0.15) is 16.7 Å². The van der Waals surface area contributed by atoms with Gasteiger partial charge in [0.1, 0.15) is 17.5 Å². The van der Waals surface area contributed by atoms with E-state index in [1.54, 1.807) is 36.4 Å². The summed E-state index contributed by atoms with van der Waals surface area (Å²) in [5, 5.41) is 15.9. The van der Waals surface area contributed by atoms with E-state index in [0.29, 0.717) is 16.7 Å². The van der Waals surface area contributed by atoms with Crippen LogP contribution in [0, 0.1) is 17.5 Å². The topological polar surface area (TPSA) is 73.5 Å². The van der Waals surface area contributed by atoms with Gasteiger partial charge in [-0.25, -0.2) is 24.0 Å². The Labute approximate surface area is 176 Å². The summed E-state index contributed by atoms with van der Waals surface area (Å²) < 4.78 is 38.9. The molecule has 0 aliphatic carbocycles. The molecule has 0 spiro atoms. The van der Waals surface area contributed by atoms with Crippen LogP contribution in [-0.2, 0) is 0 Å². The lowest BCUT2D eigenvalue weighted by Gasteiger charge is -2.02. The molecule has 0 fully saturated rings. The Morgan fingerprint density at radius 3 is 1.29 bits per heavy atom. The monoisotopic (exact) mass is 422 g/mol. The lowest BCUT2D eigenvalue weighted by atomic mass is 10.2. The van der Waals surface area contributed by atoms with Crippen LogP contribution in [0.3, 0.4) is 0 Å². The van der Waals surface area contributed by atoms with E-state index in [0.717, 1.165) is 0 Å². The van der Waals surface area contributed by atoms with Crippen LogP contribution in [0.2, 0.25) is 0 Å². The van der Waals surface area contributed by atoms with Crippen molar-refractivity contribution in [3.05, 3.63) is 107 Å². The van der Waals surface area contributed by atoms with Gasteiger partial charge in [0.15, 0.2) is 0 Å². The fraction of sp³-hybridized carbons (Fsp3) is 0. The summed E-state index contributed by atoms with van der Waals surface area (Å²) in [5.74, 6) is -0.969. The standard InChI is InChI=1S/C22H17F3N6/c23-19-7-1-16(2-8-19)13-26-29-22(30-27-14-17-3-9-20(24)10-4-17)31-28-15-18-5-11-21(25)12-6-18/h1-15H,(H2,29,30,31)/b26-13-,27-14-,28-15+. The first kappa shape index (κ1) is 21.4. The highest BCUT2D eigenvalue weighted by Gasteiger charge is 1.96. The van der Waals surface area contributed by atoms with Crippen molar-refractivity contribution >= 4 is 24.6 Å². The van der Waals surface area contributed by atoms with Crippen molar-refractivity contribution in [2.45, 2.75) is 0 Å². The third kappa shape index (κ3) is 7.58. The number of hydrogen-bond donors (Lipinski definition) is 2. The molecule has 0 saturated heterocycles. The maximum atomic E-state index is 13.0. The van der Waals surface area contributed by atoms with Crippen molar-refractivity contribution in [3.8, 4) is 0 Å². The molecule has 3 rings (SSSR count). The molecule has 3 aromatic carbocycles. The van der Waals surface area contributed by atoms with Gasteiger partial charge in [-0.15, -0.1) is 5.10 Å². The molecule has 0 amide bonds. The Kier molecular flexibility index (Phi) is 7.64. The molecular weight excluding hydrogens is 405 g/mol. The molecule has 0 bridgehead atoms. The fourth-order valence-corrected chi connectivity index (χ4v) is 2.21. The minimum absolute atomic E-state index is 0.0788. The zero-order chi connectivity index (χ0) is 21.9. The average Bonchev–Trinajstić information content (AvgIpc) is 2.77. The van der Waals surface area contributed by atoms with Gasteiger partial charge in [-0.3, -0.25) is 0 Å². The Bertz CT molecular complexity index is 1030. The number of benzene rings is 3. The number of nitrogens with one attached hydrogen (secondary N) is 2. The van der Waals surface area contributed by atoms with E-state index < -0.39 is 0 Å². The van der Waals surface area contributed by atoms with Gasteiger partial charge in [0.2, 0.25) is 0 Å². The Hall–Kier alpha value is -4.27. The summed E-state index contributed by atoms with van der Waals surface area (Å²) >= 11 is 0. The SMILES string of the molecule is Fc1ccc(/C=N\N=C(N/N=C\c2ccc(F)cc2)N/N=C/c2ccc(F)cc2)cc1. The first-order valence-electron chi connectivity index (χ1n) is 9.04. The van der Waals surface area contributed by atoms with E-state index in [1.165, 1.54) is 55.0 Å². The Morgan fingerprint density at radius 1 is 0.548 bits per heavy atom. The van der Waals surface area contributed by atoms with Gasteiger partial charge in [-0.05, 0) is 53.1 Å². The molecule has 0 aliphatic heterocycles. The molecule has 6 nitrogen and oxygen atoms in total. The largest absolute Gasteiger partial charge is 0.257 e. The van der Waals surface area contributed by atoms with Crippen molar-refractivity contribution in [2.24, 2.45) is 20.4 Å². The molecule has 0 saturated carbocycles. The number of rotatable bonds is 6. The van der Waals surface area contributed by atoms with Crippen LogP contribution < -0.4 is 10.9 Å². The van der Waals surface area contributed by atoms with Crippen LogP contribution in [0.4, 0.5) is 13.2 Å². The third-order valence-corrected chi connectivity index (χ3v) is 3.74. The zero-order valence-electron chi connectivity index (χ0n) is 16.1. The summed E-state index contributed by atoms with van der Waals surface area (Å²) in [6.45, 7) is 0. The van der Waals surface area contributed by atoms with Crippen LogP contribution >= 0.6 is 0 Å². The van der Waals surface area contributed by atoms with Crippen LogP contribution in [0.5, 0.6) is 0 Å². The minimum Gasteiger partial charge on any atom is -0.244 e. The second kappa shape index (κ2) is 11.1. The van der Waals surface area contributed by atoms with Crippen LogP contribution in [0.15, 0.2) is 93.2 Å². The number of guanidine groups is 1. The molecule has 0 aliphatic rings. The van der Waals surface area contributed by atoms with Crippen molar-refractivity contribution in [3.63, 3.8) is 0 Å². The molecule has 0 radical (unpaired) electrons. The van der Waals surface area contributed by atoms with Crippen molar-refractivity contribution < 1.29 is 13.2 Å². The Morgan fingerprint density at radius 2 is 0.903 bits per heavy atom. The Balaban J connectivity index is 1.69. The van der Waals surface area contributed by atoms with E-state index in [2.05, 4.69) is 31.3 Å². The third-order valence-electron chi connectivity index (χ3n) is 3.74. The summed E-state index contributed by atoms with van der Waals surface area (Å²) in [5.41, 5.74) is 7.26. The summed E-state index contributed by atoms with van der Waals surface area (Å²) in [7, 11) is 0. The molecule has 9 heteroatoms. The van der Waals surface area contributed by atoms with E-state index in [4.69, 9.17) is 0 Å². The van der Waals surface area contributed by atoms with E-state index in [1.807, 2.05) is 0 Å². The maximum absolute atomic E-state index is 13.0. The molecular formula is C22H17F3N6. The highest BCUT2D eigenvalue weighted by Crippen LogP contribution is 2.01. The highest BCUT2D eigenvalue weighted by molar-refractivity contribution is 5.86. The van der Waals surface area contributed by atoms with Crippen molar-refractivity contribution in [2.75, 3.05) is 0 Å². The molecule has 31 heavy (non-hydrogen) atoms. The molecule has 156 valence electrons. The van der Waals surface area contributed by atoms with Gasteiger partial charge in [0, 0.05) is 0 Å². The van der Waals surface area contributed by atoms with Gasteiger partial charge in [0.05, 0.1) is 18.6 Å². The van der Waals surface area contributed by atoms with Crippen LogP contribution in [0.25, 0.3) is 0 Å². The van der Waals surface area contributed by atoms with Crippen molar-refractivity contribution in [1.29, 1.82) is 0 Å². The van der Waals surface area contributed by atoms with E-state index in [9.17, 15) is 13.2 Å². The predicted molar refractivity (Wildman–Crippen MR) is 116 cm³/mol. The van der Waals surface area contributed by atoms with Gasteiger partial charge in [-0.1, -0.05) is 36.4 Å². The summed E-state index contributed by atoms with van der Waals surface area (Å²) in [6, 6.07) is 17.2. The second-order valence-electron chi connectivity index (χ2n) is 6.09. The number of nitrogens with zero attached hydrogens (tertiary/aromatic N) is 4. The number of hydrazone groups is 2. The molecule has 3 aromatic rings. The predicted octanol–water partition coefficient (Wildman–Crippen LogP) is 4.04. The van der Waals surface area contributed by atoms with E-state index >= 15 is 0 Å². The molecule has 2 N–H and O–H groups in total. The van der Waals surface area contributed by atoms with Gasteiger partial charge >= 0.3 is 0 Å². The maximum Gasteiger partial charge on any atom is 0.257 e. The fourth-order valence-electron chi connectivity index (χ4n) is 2.21. The lowest BCUT2D eigenvalue weighted by molar-refractivity contribution is 0.627. The van der Waals surface area contributed by atoms with E-state index in [-0.39, 0.29) is 23.4 Å². The summed E-state index contributed by atoms with van der Waals surface area (Å²) in [6.07, 6.45) is 4.35.